The molecule has 4 heterocycles. The average Bonchev–Trinajstić information content (AvgIpc) is 3.65. The Balaban J connectivity index is 1.22. The second-order valence-corrected chi connectivity index (χ2v) is 10.6. The summed E-state index contributed by atoms with van der Waals surface area (Å²) in [4.78, 5) is 24.9. The summed E-state index contributed by atoms with van der Waals surface area (Å²) in [5, 5.41) is 21.5. The van der Waals surface area contributed by atoms with Crippen LogP contribution in [0.5, 0.6) is 0 Å². The molecule has 3 aromatic rings. The number of rotatable bonds is 6. The van der Waals surface area contributed by atoms with Crippen LogP contribution in [0.4, 0.5) is 22.2 Å². The van der Waals surface area contributed by atoms with Crippen LogP contribution in [0.15, 0.2) is 18.3 Å². The number of piperidine rings is 1. The molecule has 1 aliphatic carbocycles. The number of methoxy groups -OCH3 is 1. The van der Waals surface area contributed by atoms with Gasteiger partial charge in [-0.05, 0) is 68.3 Å². The first-order chi connectivity index (χ1) is 19.0. The normalized spacial score (nSPS) is 18.3. The lowest BCUT2D eigenvalue weighted by atomic mass is 9.87. The molecule has 2 aromatic heterocycles. The molecule has 0 radical (unpaired) electrons. The molecule has 2 saturated heterocycles. The lowest BCUT2D eigenvalue weighted by molar-refractivity contribution is 0.0188. The van der Waals surface area contributed by atoms with E-state index in [1.807, 2.05) is 6.07 Å². The van der Waals surface area contributed by atoms with E-state index in [9.17, 15) is 10.1 Å². The van der Waals surface area contributed by atoms with Gasteiger partial charge in [-0.2, -0.15) is 14.8 Å². The third kappa shape index (κ3) is 4.91. The third-order valence-corrected chi connectivity index (χ3v) is 8.11. The number of likely N-dealkylation sites (tertiary alicyclic amines) is 2. The fourth-order valence-electron chi connectivity index (χ4n) is 5.31. The molecule has 6 rings (SSSR count). The Bertz CT molecular complexity index is 1510. The zero-order valence-electron chi connectivity index (χ0n) is 21.5. The highest BCUT2D eigenvalue weighted by Gasteiger charge is 2.37. The van der Waals surface area contributed by atoms with E-state index in [4.69, 9.17) is 22.8 Å². The number of terminal acetylenes is 1. The van der Waals surface area contributed by atoms with Crippen LogP contribution in [0.2, 0.25) is 5.02 Å². The maximum Gasteiger partial charge on any atom is 0.409 e. The molecule has 39 heavy (non-hydrogen) atoms. The van der Waals surface area contributed by atoms with Gasteiger partial charge >= 0.3 is 6.09 Å². The summed E-state index contributed by atoms with van der Waals surface area (Å²) in [6, 6.07) is 6.57. The molecule has 0 bridgehead atoms. The van der Waals surface area contributed by atoms with Crippen molar-refractivity contribution < 1.29 is 9.53 Å². The largest absolute Gasteiger partial charge is 0.453 e. The highest BCUT2D eigenvalue weighted by Crippen LogP contribution is 2.39. The van der Waals surface area contributed by atoms with Crippen molar-refractivity contribution in [1.29, 1.82) is 5.26 Å². The monoisotopic (exact) mass is 545 g/mol. The van der Waals surface area contributed by atoms with Gasteiger partial charge < -0.3 is 20.3 Å². The van der Waals surface area contributed by atoms with E-state index < -0.39 is 0 Å². The summed E-state index contributed by atoms with van der Waals surface area (Å²) >= 11 is 6.95. The fraction of sp³-hybridized carbons (Fsp3) is 0.444. The summed E-state index contributed by atoms with van der Waals surface area (Å²) < 4.78 is 6.39. The van der Waals surface area contributed by atoms with Gasteiger partial charge in [0.15, 0.2) is 11.5 Å². The molecular weight excluding hydrogens is 518 g/mol. The van der Waals surface area contributed by atoms with E-state index in [-0.39, 0.29) is 12.0 Å². The van der Waals surface area contributed by atoms with E-state index in [1.54, 1.807) is 21.7 Å². The van der Waals surface area contributed by atoms with Crippen LogP contribution >= 0.6 is 11.6 Å². The number of amides is 1. The third-order valence-electron chi connectivity index (χ3n) is 7.69. The average molecular weight is 546 g/mol. The van der Waals surface area contributed by atoms with Crippen molar-refractivity contribution >= 4 is 40.8 Å². The number of nitrogens with zero attached hydrogens (tertiary/aromatic N) is 7. The molecule has 12 heteroatoms. The van der Waals surface area contributed by atoms with Gasteiger partial charge in [-0.3, -0.25) is 4.90 Å². The fourth-order valence-corrected chi connectivity index (χ4v) is 5.62. The summed E-state index contributed by atoms with van der Waals surface area (Å²) in [5.41, 5.74) is 3.09. The number of hydrogen-bond acceptors (Lipinski definition) is 9. The summed E-state index contributed by atoms with van der Waals surface area (Å²) in [5.74, 6) is 3.71. The van der Waals surface area contributed by atoms with Crippen LogP contribution in [0.3, 0.4) is 0 Å². The van der Waals surface area contributed by atoms with Gasteiger partial charge in [0, 0.05) is 25.2 Å². The minimum Gasteiger partial charge on any atom is -0.453 e. The minimum absolute atomic E-state index is 0.205. The number of fused-ring (bicyclic) bond motifs is 1. The lowest BCUT2D eigenvalue weighted by Crippen LogP contribution is -2.62. The van der Waals surface area contributed by atoms with Gasteiger partial charge in [-0.15, -0.1) is 11.5 Å². The summed E-state index contributed by atoms with van der Waals surface area (Å²) in [6.07, 6.45) is 10.9. The van der Waals surface area contributed by atoms with Crippen molar-refractivity contribution in [3.8, 4) is 18.4 Å². The Morgan fingerprint density at radius 3 is 2.67 bits per heavy atom. The second-order valence-electron chi connectivity index (χ2n) is 10.2. The molecule has 1 amide bonds. The maximum atomic E-state index is 11.7. The number of ether oxygens (including phenoxy) is 1. The Hall–Kier alpha value is -4.06. The number of carbonyl (C=O) groups excluding carboxylic acids is 1. The van der Waals surface area contributed by atoms with Crippen molar-refractivity contribution in [2.24, 2.45) is 0 Å². The van der Waals surface area contributed by atoms with Gasteiger partial charge in [0.05, 0.1) is 35.6 Å². The van der Waals surface area contributed by atoms with E-state index in [2.05, 4.69) is 42.6 Å². The first-order valence-corrected chi connectivity index (χ1v) is 13.4. The summed E-state index contributed by atoms with van der Waals surface area (Å²) in [6.45, 7) is 3.17. The molecule has 0 spiro atoms. The lowest BCUT2D eigenvalue weighted by Gasteiger charge is -2.47. The zero-order valence-corrected chi connectivity index (χ0v) is 22.3. The standard InChI is InChI=1S/C27H28ClN9O2/c1-3-19-13-30-25-24(31-18-4-5-18)33-26(34-37(19)25)32-22-11-16(12-29)10-21(23(22)28)17-6-8-35(9-7-17)20-14-36(15-20)27(38)39-2/h1,10-11,13,17-18,20H,4-9,14-15H2,2H3,(H2,31,32,33,34). The topological polar surface area (TPSA) is 124 Å². The summed E-state index contributed by atoms with van der Waals surface area (Å²) in [7, 11) is 1.41. The molecule has 3 aliphatic rings. The molecule has 2 aliphatic heterocycles. The van der Waals surface area contributed by atoms with Crippen molar-refractivity contribution in [3.05, 3.63) is 40.2 Å². The van der Waals surface area contributed by atoms with Crippen LogP contribution < -0.4 is 10.6 Å². The number of anilines is 3. The maximum absolute atomic E-state index is 11.7. The smallest absolute Gasteiger partial charge is 0.409 e. The van der Waals surface area contributed by atoms with Crippen LogP contribution in [-0.4, -0.2) is 80.8 Å². The number of benzene rings is 1. The number of nitrogens with one attached hydrogen (secondary N) is 2. The number of hydrogen-bond donors (Lipinski definition) is 2. The van der Waals surface area contributed by atoms with E-state index >= 15 is 0 Å². The minimum atomic E-state index is -0.275. The number of nitriles is 1. The van der Waals surface area contributed by atoms with Crippen LogP contribution in [0.1, 0.15) is 48.4 Å². The van der Waals surface area contributed by atoms with Crippen molar-refractivity contribution in [3.63, 3.8) is 0 Å². The van der Waals surface area contributed by atoms with Crippen molar-refractivity contribution in [1.82, 2.24) is 29.4 Å². The highest BCUT2D eigenvalue weighted by atomic mass is 35.5. The number of aromatic nitrogens is 4. The first-order valence-electron chi connectivity index (χ1n) is 13.0. The van der Waals surface area contributed by atoms with Crippen LogP contribution in [0.25, 0.3) is 5.65 Å². The molecule has 0 unspecified atom stereocenters. The van der Waals surface area contributed by atoms with Crippen molar-refractivity contribution in [2.45, 2.75) is 43.7 Å². The number of imidazole rings is 1. The molecular formula is C27H28ClN9O2. The molecule has 1 aromatic carbocycles. The molecule has 11 nitrogen and oxygen atoms in total. The quantitative estimate of drug-likeness (QED) is 0.447. The van der Waals surface area contributed by atoms with E-state index in [0.717, 1.165) is 44.3 Å². The SMILES string of the molecule is C#Cc1cnc2c(NC3CC3)nc(Nc3cc(C#N)cc(C4CCN(C5CN(C(=O)OC)C5)CC4)c3Cl)nn12. The van der Waals surface area contributed by atoms with Gasteiger partial charge in [0.2, 0.25) is 5.95 Å². The van der Waals surface area contributed by atoms with Gasteiger partial charge in [-0.25, -0.2) is 9.78 Å². The Morgan fingerprint density at radius 1 is 1.23 bits per heavy atom. The second kappa shape index (κ2) is 10.3. The predicted octanol–water partition coefficient (Wildman–Crippen LogP) is 3.58. The predicted molar refractivity (Wildman–Crippen MR) is 146 cm³/mol. The molecule has 200 valence electrons. The Labute approximate surface area is 231 Å². The van der Waals surface area contributed by atoms with Crippen LogP contribution in [0, 0.1) is 23.7 Å². The molecule has 1 saturated carbocycles. The molecule has 0 atom stereocenters. The Kier molecular flexibility index (Phi) is 6.63. The molecule has 2 N–H and O–H groups in total. The van der Waals surface area contributed by atoms with Gasteiger partial charge in [-0.1, -0.05) is 11.6 Å². The zero-order chi connectivity index (χ0) is 27.1. The van der Waals surface area contributed by atoms with Crippen LogP contribution in [-0.2, 0) is 4.74 Å². The first kappa shape index (κ1) is 25.2. The van der Waals surface area contributed by atoms with E-state index in [1.165, 1.54) is 7.11 Å². The van der Waals surface area contributed by atoms with Gasteiger partial charge in [0.1, 0.15) is 5.69 Å². The van der Waals surface area contributed by atoms with Gasteiger partial charge in [0.25, 0.3) is 0 Å². The van der Waals surface area contributed by atoms with Crippen molar-refractivity contribution in [2.75, 3.05) is 43.9 Å². The highest BCUT2D eigenvalue weighted by molar-refractivity contribution is 6.34. The Morgan fingerprint density at radius 2 is 2.00 bits per heavy atom. The number of carbonyl (C=O) groups is 1. The number of halogens is 1. The molecule has 3 fully saturated rings. The van der Waals surface area contributed by atoms with E-state index in [0.29, 0.717) is 64.6 Å².